The van der Waals surface area contributed by atoms with Crippen molar-refractivity contribution >= 4 is 5.91 Å². The maximum atomic E-state index is 12.4. The Labute approximate surface area is 110 Å². The van der Waals surface area contributed by atoms with Crippen molar-refractivity contribution in [1.82, 2.24) is 15.5 Å². The molecule has 0 radical (unpaired) electrons. The first kappa shape index (κ1) is 13.8. The molecule has 2 fully saturated rings. The van der Waals surface area contributed by atoms with Gasteiger partial charge in [0.25, 0.3) is 0 Å². The minimum atomic E-state index is -0.0329. The highest BCUT2D eigenvalue weighted by molar-refractivity contribution is 5.82. The molecule has 0 aromatic heterocycles. The summed E-state index contributed by atoms with van der Waals surface area (Å²) in [5.41, 5.74) is 0. The molecule has 2 atom stereocenters. The number of piperazine rings is 1. The lowest BCUT2D eigenvalue weighted by atomic mass is 10.1. The molecule has 1 aliphatic heterocycles. The SMILES string of the molecule is CC1CNC(C(=O)N(C)C2CCCCCC2)CN1. The van der Waals surface area contributed by atoms with E-state index in [1.165, 1.54) is 38.5 Å². The van der Waals surface area contributed by atoms with Gasteiger partial charge in [0.1, 0.15) is 0 Å². The fourth-order valence-corrected chi connectivity index (χ4v) is 3.03. The molecule has 104 valence electrons. The summed E-state index contributed by atoms with van der Waals surface area (Å²) in [4.78, 5) is 14.4. The highest BCUT2D eigenvalue weighted by atomic mass is 16.2. The third-order valence-electron chi connectivity index (χ3n) is 4.36. The number of hydrogen-bond acceptors (Lipinski definition) is 3. The molecule has 1 heterocycles. The standard InChI is InChI=1S/C14H27N3O/c1-11-9-16-13(10-15-11)14(18)17(2)12-7-5-3-4-6-8-12/h11-13,15-16H,3-10H2,1-2H3. The average molecular weight is 253 g/mol. The first-order valence-electron chi connectivity index (χ1n) is 7.42. The van der Waals surface area contributed by atoms with Crippen molar-refractivity contribution in [3.63, 3.8) is 0 Å². The van der Waals surface area contributed by atoms with E-state index in [0.717, 1.165) is 13.1 Å². The Kier molecular flexibility index (Phi) is 5.01. The number of likely N-dealkylation sites (N-methyl/N-ethyl adjacent to an activating group) is 1. The lowest BCUT2D eigenvalue weighted by molar-refractivity contribution is -0.134. The molecule has 4 heteroatoms. The Morgan fingerprint density at radius 2 is 1.72 bits per heavy atom. The van der Waals surface area contributed by atoms with Crippen LogP contribution in [0.5, 0.6) is 0 Å². The zero-order chi connectivity index (χ0) is 13.0. The number of carbonyl (C=O) groups is 1. The minimum absolute atomic E-state index is 0.0329. The third kappa shape index (κ3) is 3.45. The first-order chi connectivity index (χ1) is 8.68. The maximum absolute atomic E-state index is 12.4. The molecule has 2 aliphatic rings. The quantitative estimate of drug-likeness (QED) is 0.725. The average Bonchev–Trinajstić information content (AvgIpc) is 2.67. The molecule has 0 spiro atoms. The highest BCUT2D eigenvalue weighted by Crippen LogP contribution is 2.21. The molecular formula is C14H27N3O. The summed E-state index contributed by atoms with van der Waals surface area (Å²) in [6.07, 6.45) is 7.57. The van der Waals surface area contributed by atoms with Crippen molar-refractivity contribution in [2.45, 2.75) is 63.6 Å². The van der Waals surface area contributed by atoms with E-state index in [1.807, 2.05) is 11.9 Å². The molecule has 2 rings (SSSR count). The third-order valence-corrected chi connectivity index (χ3v) is 4.36. The molecule has 18 heavy (non-hydrogen) atoms. The zero-order valence-electron chi connectivity index (χ0n) is 11.7. The molecule has 2 N–H and O–H groups in total. The largest absolute Gasteiger partial charge is 0.341 e. The van der Waals surface area contributed by atoms with Crippen molar-refractivity contribution in [1.29, 1.82) is 0 Å². The van der Waals surface area contributed by atoms with Crippen molar-refractivity contribution < 1.29 is 4.79 Å². The summed E-state index contributed by atoms with van der Waals surface area (Å²) in [5.74, 6) is 0.265. The summed E-state index contributed by atoms with van der Waals surface area (Å²) < 4.78 is 0. The molecule has 4 nitrogen and oxygen atoms in total. The summed E-state index contributed by atoms with van der Waals surface area (Å²) in [7, 11) is 1.98. The van der Waals surface area contributed by atoms with Crippen LogP contribution in [0.4, 0.5) is 0 Å². The van der Waals surface area contributed by atoms with E-state index in [1.54, 1.807) is 0 Å². The number of rotatable bonds is 2. The fourth-order valence-electron chi connectivity index (χ4n) is 3.03. The second-order valence-corrected chi connectivity index (χ2v) is 5.86. The molecular weight excluding hydrogens is 226 g/mol. The first-order valence-corrected chi connectivity index (χ1v) is 7.42. The van der Waals surface area contributed by atoms with Crippen molar-refractivity contribution in [2.24, 2.45) is 0 Å². The van der Waals surface area contributed by atoms with E-state index < -0.39 is 0 Å². The number of nitrogens with one attached hydrogen (secondary N) is 2. The molecule has 0 bridgehead atoms. The van der Waals surface area contributed by atoms with E-state index in [-0.39, 0.29) is 11.9 Å². The van der Waals surface area contributed by atoms with Crippen LogP contribution < -0.4 is 10.6 Å². The second-order valence-electron chi connectivity index (χ2n) is 5.86. The summed E-state index contributed by atoms with van der Waals surface area (Å²) in [6.45, 7) is 3.79. The van der Waals surface area contributed by atoms with Gasteiger partial charge in [-0.1, -0.05) is 25.7 Å². The molecule has 1 amide bonds. The van der Waals surface area contributed by atoms with Crippen molar-refractivity contribution in [3.05, 3.63) is 0 Å². The Morgan fingerprint density at radius 1 is 1.06 bits per heavy atom. The van der Waals surface area contributed by atoms with Gasteiger partial charge in [-0.05, 0) is 19.8 Å². The van der Waals surface area contributed by atoms with Crippen LogP contribution in [0.1, 0.15) is 45.4 Å². The van der Waals surface area contributed by atoms with E-state index in [2.05, 4.69) is 17.6 Å². The lowest BCUT2D eigenvalue weighted by Gasteiger charge is -2.34. The summed E-state index contributed by atoms with van der Waals surface area (Å²) >= 11 is 0. The van der Waals surface area contributed by atoms with E-state index in [9.17, 15) is 4.79 Å². The van der Waals surface area contributed by atoms with Gasteiger partial charge in [0.15, 0.2) is 0 Å². The van der Waals surface area contributed by atoms with Gasteiger partial charge in [0.05, 0.1) is 6.04 Å². The minimum Gasteiger partial charge on any atom is -0.341 e. The Morgan fingerprint density at radius 3 is 2.28 bits per heavy atom. The van der Waals surface area contributed by atoms with Crippen LogP contribution in [-0.4, -0.2) is 49.1 Å². The Hall–Kier alpha value is -0.610. The topological polar surface area (TPSA) is 44.4 Å². The molecule has 1 saturated carbocycles. The summed E-state index contributed by atoms with van der Waals surface area (Å²) in [5, 5.41) is 6.72. The van der Waals surface area contributed by atoms with Crippen LogP contribution in [0.15, 0.2) is 0 Å². The van der Waals surface area contributed by atoms with E-state index in [0.29, 0.717) is 12.1 Å². The fraction of sp³-hybridized carbons (Fsp3) is 0.929. The molecule has 1 aliphatic carbocycles. The number of carbonyl (C=O) groups excluding carboxylic acids is 1. The second kappa shape index (κ2) is 6.53. The monoisotopic (exact) mass is 253 g/mol. The van der Waals surface area contributed by atoms with E-state index in [4.69, 9.17) is 0 Å². The maximum Gasteiger partial charge on any atom is 0.241 e. The van der Waals surface area contributed by atoms with Gasteiger partial charge in [0, 0.05) is 32.2 Å². The zero-order valence-corrected chi connectivity index (χ0v) is 11.7. The van der Waals surface area contributed by atoms with Gasteiger partial charge in [-0.15, -0.1) is 0 Å². The van der Waals surface area contributed by atoms with Gasteiger partial charge < -0.3 is 15.5 Å². The van der Waals surface area contributed by atoms with Crippen LogP contribution in [0.3, 0.4) is 0 Å². The summed E-state index contributed by atoms with van der Waals surface area (Å²) in [6, 6.07) is 0.896. The lowest BCUT2D eigenvalue weighted by Crippen LogP contribution is -2.60. The van der Waals surface area contributed by atoms with Gasteiger partial charge in [-0.2, -0.15) is 0 Å². The molecule has 2 unspecified atom stereocenters. The number of amides is 1. The van der Waals surface area contributed by atoms with E-state index >= 15 is 0 Å². The van der Waals surface area contributed by atoms with Crippen molar-refractivity contribution in [3.8, 4) is 0 Å². The molecule has 1 saturated heterocycles. The molecule has 0 aromatic rings. The van der Waals surface area contributed by atoms with Crippen molar-refractivity contribution in [2.75, 3.05) is 20.1 Å². The normalized spacial score (nSPS) is 30.8. The Balaban J connectivity index is 1.87. The smallest absolute Gasteiger partial charge is 0.241 e. The number of hydrogen-bond donors (Lipinski definition) is 2. The highest BCUT2D eigenvalue weighted by Gasteiger charge is 2.29. The van der Waals surface area contributed by atoms with Gasteiger partial charge in [0.2, 0.25) is 5.91 Å². The molecule has 0 aromatic carbocycles. The van der Waals surface area contributed by atoms with Crippen LogP contribution >= 0.6 is 0 Å². The van der Waals surface area contributed by atoms with Gasteiger partial charge in [-0.25, -0.2) is 0 Å². The Bertz CT molecular complexity index is 266. The van der Waals surface area contributed by atoms with Gasteiger partial charge >= 0.3 is 0 Å². The predicted molar refractivity (Wildman–Crippen MR) is 73.5 cm³/mol. The predicted octanol–water partition coefficient (Wildman–Crippen LogP) is 1.12. The number of nitrogens with zero attached hydrogens (tertiary/aromatic N) is 1. The van der Waals surface area contributed by atoms with Crippen LogP contribution in [0.25, 0.3) is 0 Å². The van der Waals surface area contributed by atoms with Crippen LogP contribution in [-0.2, 0) is 4.79 Å². The van der Waals surface area contributed by atoms with Crippen LogP contribution in [0, 0.1) is 0 Å². The van der Waals surface area contributed by atoms with Crippen LogP contribution in [0.2, 0.25) is 0 Å². The van der Waals surface area contributed by atoms with Gasteiger partial charge in [-0.3, -0.25) is 4.79 Å².